The molecule has 0 saturated heterocycles. The van der Waals surface area contributed by atoms with Crippen molar-refractivity contribution in [2.45, 2.75) is 19.5 Å². The van der Waals surface area contributed by atoms with Gasteiger partial charge in [0.15, 0.2) is 0 Å². The summed E-state index contributed by atoms with van der Waals surface area (Å²) < 4.78 is 0. The highest BCUT2D eigenvalue weighted by Gasteiger charge is 2.20. The molecule has 0 radical (unpaired) electrons. The van der Waals surface area contributed by atoms with Gasteiger partial charge in [-0.2, -0.15) is 0 Å². The van der Waals surface area contributed by atoms with Crippen molar-refractivity contribution in [1.29, 1.82) is 0 Å². The van der Waals surface area contributed by atoms with Crippen LogP contribution in [0.4, 0.5) is 11.9 Å². The van der Waals surface area contributed by atoms with E-state index >= 15 is 0 Å². The molecule has 4 rings (SSSR count). The van der Waals surface area contributed by atoms with Crippen molar-refractivity contribution in [3.05, 3.63) is 66.0 Å². The molecule has 0 bridgehead atoms. The number of aromatic nitrogens is 5. The first-order valence-electron chi connectivity index (χ1n) is 7.87. The summed E-state index contributed by atoms with van der Waals surface area (Å²) in [5.74, 6) is 1.40. The van der Waals surface area contributed by atoms with Gasteiger partial charge in [0.25, 0.3) is 0 Å². The zero-order valence-corrected chi connectivity index (χ0v) is 13.1. The van der Waals surface area contributed by atoms with Crippen molar-refractivity contribution in [3.63, 3.8) is 0 Å². The third kappa shape index (κ3) is 3.01. The highest BCUT2D eigenvalue weighted by molar-refractivity contribution is 5.42. The van der Waals surface area contributed by atoms with E-state index in [0.717, 1.165) is 25.5 Å². The van der Waals surface area contributed by atoms with Crippen molar-refractivity contribution < 1.29 is 0 Å². The number of nitrogens with one attached hydrogen (secondary N) is 1. The summed E-state index contributed by atoms with van der Waals surface area (Å²) in [7, 11) is 0. The van der Waals surface area contributed by atoms with E-state index in [0.29, 0.717) is 12.5 Å². The lowest BCUT2D eigenvalue weighted by Crippen LogP contribution is -2.32. The predicted octanol–water partition coefficient (Wildman–Crippen LogP) is 1.84. The number of nitrogens with zero attached hydrogens (tertiary/aromatic N) is 6. The van der Waals surface area contributed by atoms with Crippen LogP contribution in [0.3, 0.4) is 0 Å². The van der Waals surface area contributed by atoms with Gasteiger partial charge < -0.3 is 10.2 Å². The van der Waals surface area contributed by atoms with Gasteiger partial charge in [-0.15, -0.1) is 0 Å². The molecule has 0 fully saturated rings. The highest BCUT2D eigenvalue weighted by atomic mass is 15.2. The first-order chi connectivity index (χ1) is 11.9. The van der Waals surface area contributed by atoms with Gasteiger partial charge in [0.05, 0.1) is 0 Å². The molecule has 0 aromatic carbocycles. The van der Waals surface area contributed by atoms with Gasteiger partial charge in [-0.1, -0.05) is 0 Å². The van der Waals surface area contributed by atoms with Crippen molar-refractivity contribution >= 4 is 11.9 Å². The van der Waals surface area contributed by atoms with Crippen LogP contribution in [0.5, 0.6) is 0 Å². The third-order valence-corrected chi connectivity index (χ3v) is 4.07. The maximum absolute atomic E-state index is 4.39. The molecule has 1 N–H and O–H groups in total. The Morgan fingerprint density at radius 3 is 2.50 bits per heavy atom. The van der Waals surface area contributed by atoms with E-state index < -0.39 is 0 Å². The molecular weight excluding hydrogens is 302 g/mol. The molecule has 3 aromatic rings. The first-order valence-corrected chi connectivity index (χ1v) is 7.87. The molecule has 4 heterocycles. The van der Waals surface area contributed by atoms with Crippen molar-refractivity contribution in [1.82, 2.24) is 24.9 Å². The fraction of sp³-hybridized carbons (Fsp3) is 0.235. The van der Waals surface area contributed by atoms with Crippen LogP contribution in [0.25, 0.3) is 0 Å². The van der Waals surface area contributed by atoms with Crippen LogP contribution >= 0.6 is 0 Å². The fourth-order valence-electron chi connectivity index (χ4n) is 2.91. The molecular formula is C17H17N7. The molecule has 7 heteroatoms. The van der Waals surface area contributed by atoms with Gasteiger partial charge in [0, 0.05) is 56.8 Å². The summed E-state index contributed by atoms with van der Waals surface area (Å²) in [5, 5.41) is 3.25. The Hall–Kier alpha value is -3.09. The van der Waals surface area contributed by atoms with E-state index in [1.807, 2.05) is 18.5 Å². The van der Waals surface area contributed by atoms with Gasteiger partial charge in [0.2, 0.25) is 11.9 Å². The highest BCUT2D eigenvalue weighted by Crippen LogP contribution is 2.24. The van der Waals surface area contributed by atoms with Gasteiger partial charge in [0.1, 0.15) is 0 Å². The monoisotopic (exact) mass is 319 g/mol. The second kappa shape index (κ2) is 6.57. The molecule has 3 aromatic heterocycles. The molecule has 24 heavy (non-hydrogen) atoms. The predicted molar refractivity (Wildman–Crippen MR) is 90.4 cm³/mol. The molecule has 1 aliphatic heterocycles. The smallest absolute Gasteiger partial charge is 0.225 e. The number of rotatable bonds is 4. The Morgan fingerprint density at radius 1 is 0.958 bits per heavy atom. The average molecular weight is 319 g/mol. The van der Waals surface area contributed by atoms with E-state index in [9.17, 15) is 0 Å². The maximum atomic E-state index is 4.39. The van der Waals surface area contributed by atoms with E-state index in [4.69, 9.17) is 0 Å². The molecule has 0 unspecified atom stereocenters. The van der Waals surface area contributed by atoms with E-state index in [2.05, 4.69) is 35.1 Å². The minimum atomic E-state index is 0.630. The van der Waals surface area contributed by atoms with Gasteiger partial charge >= 0.3 is 0 Å². The number of hydrogen-bond donors (Lipinski definition) is 1. The summed E-state index contributed by atoms with van der Waals surface area (Å²) in [5.41, 5.74) is 3.76. The lowest BCUT2D eigenvalue weighted by Gasteiger charge is -2.29. The number of hydrogen-bond acceptors (Lipinski definition) is 7. The van der Waals surface area contributed by atoms with Crippen LogP contribution in [0, 0.1) is 0 Å². The molecule has 0 amide bonds. The van der Waals surface area contributed by atoms with Crippen molar-refractivity contribution in [3.8, 4) is 0 Å². The Morgan fingerprint density at radius 2 is 1.71 bits per heavy atom. The second-order valence-electron chi connectivity index (χ2n) is 5.58. The standard InChI is InChI=1S/C17H17N7/c1-4-19-16(20-5-1)23-11-13-9-18-10-14-12-24(8-3-15(13)14)17-21-6-2-7-22-17/h1-2,4-7,9-10H,3,8,11-12H2,(H,19,20,23). The average Bonchev–Trinajstić information content (AvgIpc) is 2.67. The van der Waals surface area contributed by atoms with Crippen LogP contribution in [-0.2, 0) is 19.5 Å². The summed E-state index contributed by atoms with van der Waals surface area (Å²) in [4.78, 5) is 23.6. The van der Waals surface area contributed by atoms with Crippen LogP contribution in [0.1, 0.15) is 16.7 Å². The quantitative estimate of drug-likeness (QED) is 0.786. The summed E-state index contributed by atoms with van der Waals surface area (Å²) >= 11 is 0. The Balaban J connectivity index is 1.51. The molecule has 0 aliphatic carbocycles. The van der Waals surface area contributed by atoms with Crippen LogP contribution < -0.4 is 10.2 Å². The van der Waals surface area contributed by atoms with Gasteiger partial charge in [-0.05, 0) is 35.2 Å². The molecule has 0 atom stereocenters. The van der Waals surface area contributed by atoms with Crippen LogP contribution in [0.2, 0.25) is 0 Å². The Labute approximate surface area is 139 Å². The maximum Gasteiger partial charge on any atom is 0.225 e. The molecule has 0 saturated carbocycles. The van der Waals surface area contributed by atoms with Gasteiger partial charge in [-0.25, -0.2) is 19.9 Å². The summed E-state index contributed by atoms with van der Waals surface area (Å²) in [6.45, 7) is 2.35. The Kier molecular flexibility index (Phi) is 3.97. The number of fused-ring (bicyclic) bond motifs is 1. The van der Waals surface area contributed by atoms with E-state index in [1.54, 1.807) is 30.9 Å². The minimum Gasteiger partial charge on any atom is -0.350 e. The number of pyridine rings is 1. The van der Waals surface area contributed by atoms with Crippen LogP contribution in [-0.4, -0.2) is 31.5 Å². The minimum absolute atomic E-state index is 0.630. The summed E-state index contributed by atoms with van der Waals surface area (Å²) in [6.07, 6.45) is 11.8. The topological polar surface area (TPSA) is 79.7 Å². The molecule has 7 nitrogen and oxygen atoms in total. The lowest BCUT2D eigenvalue weighted by atomic mass is 9.97. The third-order valence-electron chi connectivity index (χ3n) is 4.07. The van der Waals surface area contributed by atoms with Gasteiger partial charge in [-0.3, -0.25) is 4.98 Å². The SMILES string of the molecule is c1cnc(NCc2cncc3c2CCN(c2ncccn2)C3)nc1. The normalized spacial score (nSPS) is 13.4. The fourth-order valence-corrected chi connectivity index (χ4v) is 2.91. The van der Waals surface area contributed by atoms with Crippen molar-refractivity contribution in [2.75, 3.05) is 16.8 Å². The molecule has 120 valence electrons. The zero-order valence-electron chi connectivity index (χ0n) is 13.1. The van der Waals surface area contributed by atoms with Crippen LogP contribution in [0.15, 0.2) is 49.3 Å². The van der Waals surface area contributed by atoms with E-state index in [-0.39, 0.29) is 0 Å². The van der Waals surface area contributed by atoms with Crippen molar-refractivity contribution in [2.24, 2.45) is 0 Å². The lowest BCUT2D eigenvalue weighted by molar-refractivity contribution is 0.697. The second-order valence-corrected chi connectivity index (χ2v) is 5.58. The zero-order chi connectivity index (χ0) is 16.2. The molecule has 1 aliphatic rings. The van der Waals surface area contributed by atoms with E-state index in [1.165, 1.54) is 16.7 Å². The largest absolute Gasteiger partial charge is 0.350 e. The Bertz CT molecular complexity index is 793. The number of anilines is 2. The summed E-state index contributed by atoms with van der Waals surface area (Å²) in [6, 6.07) is 3.63. The molecule has 0 spiro atoms. The first kappa shape index (κ1) is 14.5.